The lowest BCUT2D eigenvalue weighted by Crippen LogP contribution is -2.35. The van der Waals surface area contributed by atoms with Gasteiger partial charge in [-0.05, 0) is 24.0 Å². The van der Waals surface area contributed by atoms with E-state index in [4.69, 9.17) is 11.1 Å². The molecule has 0 fully saturated rings. The van der Waals surface area contributed by atoms with Gasteiger partial charge in [-0.1, -0.05) is 60.7 Å². The van der Waals surface area contributed by atoms with Gasteiger partial charge in [0.1, 0.15) is 5.84 Å². The highest BCUT2D eigenvalue weighted by Gasteiger charge is 2.30. The molecule has 1 aliphatic rings. The van der Waals surface area contributed by atoms with Crippen LogP contribution in [0.2, 0.25) is 0 Å². The summed E-state index contributed by atoms with van der Waals surface area (Å²) in [6.45, 7) is 0.806. The number of amides is 2. The fraction of sp³-hybridized carbons (Fsp3) is 0.227. The molecule has 0 radical (unpaired) electrons. The Hall–Kier alpha value is -3.41. The standard InChI is InChI=1S/C22H24N4O2/c23-20(24)17-11-9-16(10-12-17)14-26-22(28)19-8-4-7-18(19)21(27)25-13-15-5-2-1-3-6-15/h1-3,5-7,9-12,19H,4,8,13-14H2,(H3,23,24)(H,25,27)(H,26,28)/t19-/m1/s1. The zero-order chi connectivity index (χ0) is 19.9. The minimum Gasteiger partial charge on any atom is -0.384 e. The highest BCUT2D eigenvalue weighted by molar-refractivity contribution is 6.00. The molecule has 6 nitrogen and oxygen atoms in total. The molecule has 28 heavy (non-hydrogen) atoms. The Bertz CT molecular complexity index is 889. The van der Waals surface area contributed by atoms with Crippen molar-refractivity contribution < 1.29 is 9.59 Å². The van der Waals surface area contributed by atoms with Gasteiger partial charge in [-0.2, -0.15) is 0 Å². The SMILES string of the molecule is N=C(N)c1ccc(CNC(=O)[C@@H]2CCC=C2C(=O)NCc2ccccc2)cc1. The van der Waals surface area contributed by atoms with Gasteiger partial charge < -0.3 is 16.4 Å². The Labute approximate surface area is 164 Å². The largest absolute Gasteiger partial charge is 0.384 e. The topological polar surface area (TPSA) is 108 Å². The Morgan fingerprint density at radius 3 is 2.29 bits per heavy atom. The molecule has 0 aliphatic heterocycles. The van der Waals surface area contributed by atoms with E-state index in [9.17, 15) is 9.59 Å². The molecule has 2 amide bonds. The summed E-state index contributed by atoms with van der Waals surface area (Å²) in [4.78, 5) is 25.1. The monoisotopic (exact) mass is 376 g/mol. The molecule has 2 aromatic rings. The molecule has 2 aromatic carbocycles. The van der Waals surface area contributed by atoms with Crippen LogP contribution in [0.1, 0.15) is 29.5 Å². The van der Waals surface area contributed by atoms with Gasteiger partial charge in [0.2, 0.25) is 11.8 Å². The number of amidine groups is 1. The minimum absolute atomic E-state index is 0.0119. The van der Waals surface area contributed by atoms with Crippen LogP contribution < -0.4 is 16.4 Å². The van der Waals surface area contributed by atoms with Gasteiger partial charge in [-0.15, -0.1) is 0 Å². The van der Waals surface area contributed by atoms with Gasteiger partial charge in [-0.3, -0.25) is 15.0 Å². The number of nitrogens with two attached hydrogens (primary N) is 1. The quantitative estimate of drug-likeness (QED) is 0.439. The summed E-state index contributed by atoms with van der Waals surface area (Å²) >= 11 is 0. The average molecular weight is 376 g/mol. The molecule has 144 valence electrons. The number of carbonyl (C=O) groups is 2. The van der Waals surface area contributed by atoms with Crippen molar-refractivity contribution in [2.75, 3.05) is 0 Å². The lowest BCUT2D eigenvalue weighted by molar-refractivity contribution is -0.126. The molecule has 0 heterocycles. The summed E-state index contributed by atoms with van der Waals surface area (Å²) in [6.07, 6.45) is 3.22. The van der Waals surface area contributed by atoms with Crippen LogP contribution in [0.15, 0.2) is 66.2 Å². The van der Waals surface area contributed by atoms with E-state index in [1.54, 1.807) is 12.1 Å². The van der Waals surface area contributed by atoms with Crippen molar-refractivity contribution in [1.82, 2.24) is 10.6 Å². The maximum atomic E-state index is 12.6. The first-order valence-electron chi connectivity index (χ1n) is 9.28. The third-order valence-electron chi connectivity index (χ3n) is 4.80. The third-order valence-corrected chi connectivity index (χ3v) is 4.80. The van der Waals surface area contributed by atoms with Gasteiger partial charge in [0, 0.05) is 24.2 Å². The van der Waals surface area contributed by atoms with Crippen molar-refractivity contribution in [3.05, 3.63) is 82.9 Å². The van der Waals surface area contributed by atoms with Gasteiger partial charge >= 0.3 is 0 Å². The van der Waals surface area contributed by atoms with E-state index in [1.807, 2.05) is 48.5 Å². The number of nitrogens with one attached hydrogen (secondary N) is 3. The fourth-order valence-electron chi connectivity index (χ4n) is 3.22. The van der Waals surface area contributed by atoms with E-state index in [0.717, 1.165) is 17.5 Å². The summed E-state index contributed by atoms with van der Waals surface area (Å²) in [7, 11) is 0. The van der Waals surface area contributed by atoms with Crippen LogP contribution in [0.25, 0.3) is 0 Å². The summed E-state index contributed by atoms with van der Waals surface area (Å²) in [5.41, 5.74) is 8.56. The Kier molecular flexibility index (Phi) is 6.22. The maximum absolute atomic E-state index is 12.6. The van der Waals surface area contributed by atoms with Crippen molar-refractivity contribution in [3.8, 4) is 0 Å². The molecule has 5 N–H and O–H groups in total. The van der Waals surface area contributed by atoms with Crippen LogP contribution in [-0.2, 0) is 22.7 Å². The third kappa shape index (κ3) is 4.85. The number of carbonyl (C=O) groups excluding carboxylic acids is 2. The van der Waals surface area contributed by atoms with Gasteiger partial charge in [0.15, 0.2) is 0 Å². The first-order chi connectivity index (χ1) is 13.5. The second-order valence-electron chi connectivity index (χ2n) is 6.79. The number of allylic oxidation sites excluding steroid dienone is 1. The molecule has 0 bridgehead atoms. The van der Waals surface area contributed by atoms with Gasteiger partial charge in [0.25, 0.3) is 0 Å². The number of benzene rings is 2. The zero-order valence-electron chi connectivity index (χ0n) is 15.6. The minimum atomic E-state index is -0.424. The molecular weight excluding hydrogens is 352 g/mol. The van der Waals surface area contributed by atoms with E-state index in [2.05, 4.69) is 10.6 Å². The molecule has 0 saturated heterocycles. The van der Waals surface area contributed by atoms with Crippen molar-refractivity contribution in [3.63, 3.8) is 0 Å². The smallest absolute Gasteiger partial charge is 0.247 e. The van der Waals surface area contributed by atoms with E-state index < -0.39 is 5.92 Å². The Balaban J connectivity index is 1.53. The molecule has 6 heteroatoms. The molecular formula is C22H24N4O2. The second kappa shape index (κ2) is 8.99. The molecule has 1 atom stereocenters. The average Bonchev–Trinajstić information content (AvgIpc) is 3.21. The molecule has 1 aliphatic carbocycles. The number of nitrogen functional groups attached to an aromatic ring is 1. The summed E-state index contributed by atoms with van der Waals surface area (Å²) in [5, 5.41) is 13.2. The van der Waals surface area contributed by atoms with Crippen molar-refractivity contribution in [1.29, 1.82) is 5.41 Å². The lowest BCUT2D eigenvalue weighted by Gasteiger charge is -2.15. The predicted molar refractivity (Wildman–Crippen MR) is 108 cm³/mol. The Morgan fingerprint density at radius 2 is 1.61 bits per heavy atom. The van der Waals surface area contributed by atoms with Gasteiger partial charge in [0.05, 0.1) is 5.92 Å². The van der Waals surface area contributed by atoms with Crippen LogP contribution in [0.3, 0.4) is 0 Å². The van der Waals surface area contributed by atoms with Crippen LogP contribution in [0, 0.1) is 11.3 Å². The van der Waals surface area contributed by atoms with Crippen LogP contribution >= 0.6 is 0 Å². The van der Waals surface area contributed by atoms with Crippen molar-refractivity contribution >= 4 is 17.6 Å². The lowest BCUT2D eigenvalue weighted by atomic mass is 9.99. The Morgan fingerprint density at radius 1 is 0.964 bits per heavy atom. The van der Waals surface area contributed by atoms with Crippen LogP contribution in [0.5, 0.6) is 0 Å². The van der Waals surface area contributed by atoms with Gasteiger partial charge in [-0.25, -0.2) is 0 Å². The first-order valence-corrected chi connectivity index (χ1v) is 9.28. The summed E-state index contributed by atoms with van der Waals surface area (Å²) in [5.74, 6) is -0.744. The maximum Gasteiger partial charge on any atom is 0.247 e. The molecule has 3 rings (SSSR count). The highest BCUT2D eigenvalue weighted by Crippen LogP contribution is 2.26. The predicted octanol–water partition coefficient (Wildman–Crippen LogP) is 2.24. The van der Waals surface area contributed by atoms with Crippen LogP contribution in [0.4, 0.5) is 0 Å². The second-order valence-corrected chi connectivity index (χ2v) is 6.79. The molecule has 0 unspecified atom stereocenters. The van der Waals surface area contributed by atoms with Crippen molar-refractivity contribution in [2.24, 2.45) is 11.7 Å². The van der Waals surface area contributed by atoms with E-state index in [0.29, 0.717) is 30.6 Å². The van der Waals surface area contributed by atoms with Crippen LogP contribution in [-0.4, -0.2) is 17.6 Å². The highest BCUT2D eigenvalue weighted by atomic mass is 16.2. The number of hydrogen-bond acceptors (Lipinski definition) is 3. The zero-order valence-corrected chi connectivity index (χ0v) is 15.6. The molecule has 0 aromatic heterocycles. The summed E-state index contributed by atoms with van der Waals surface area (Å²) in [6, 6.07) is 16.8. The molecule has 0 spiro atoms. The molecule has 0 saturated carbocycles. The number of rotatable bonds is 7. The van der Waals surface area contributed by atoms with Crippen molar-refractivity contribution in [2.45, 2.75) is 25.9 Å². The first kappa shape index (κ1) is 19.4. The van der Waals surface area contributed by atoms with E-state index in [-0.39, 0.29) is 17.6 Å². The summed E-state index contributed by atoms with van der Waals surface area (Å²) < 4.78 is 0. The fourth-order valence-corrected chi connectivity index (χ4v) is 3.22. The number of hydrogen-bond donors (Lipinski definition) is 4. The van der Waals surface area contributed by atoms with E-state index in [1.165, 1.54) is 0 Å². The normalized spacial score (nSPS) is 15.6. The van der Waals surface area contributed by atoms with E-state index >= 15 is 0 Å².